The molecular formula is C12H17N3O3. The van der Waals surface area contributed by atoms with Crippen LogP contribution in [-0.2, 0) is 15.1 Å². The highest BCUT2D eigenvalue weighted by Crippen LogP contribution is 2.28. The first-order valence-corrected chi connectivity index (χ1v) is 5.61. The molecule has 0 bridgehead atoms. The summed E-state index contributed by atoms with van der Waals surface area (Å²) in [7, 11) is 0. The van der Waals surface area contributed by atoms with E-state index in [4.69, 9.17) is 0 Å². The van der Waals surface area contributed by atoms with Gasteiger partial charge in [0.2, 0.25) is 5.91 Å². The van der Waals surface area contributed by atoms with Crippen molar-refractivity contribution >= 4 is 11.9 Å². The molecule has 18 heavy (non-hydrogen) atoms. The second-order valence-corrected chi connectivity index (χ2v) is 4.45. The topological polar surface area (TPSA) is 83.4 Å². The van der Waals surface area contributed by atoms with E-state index in [1.165, 1.54) is 37.3 Å². The summed E-state index contributed by atoms with van der Waals surface area (Å²) >= 11 is 0. The van der Waals surface area contributed by atoms with Crippen LogP contribution < -0.4 is 0 Å². The van der Waals surface area contributed by atoms with E-state index in [1.54, 1.807) is 13.8 Å². The number of amides is 1. The van der Waals surface area contributed by atoms with Crippen LogP contribution in [0.3, 0.4) is 0 Å². The van der Waals surface area contributed by atoms with Gasteiger partial charge in [0.15, 0.2) is 5.54 Å². The van der Waals surface area contributed by atoms with Crippen molar-refractivity contribution in [3.8, 4) is 0 Å². The first-order chi connectivity index (χ1) is 8.31. The van der Waals surface area contributed by atoms with Crippen molar-refractivity contribution < 1.29 is 14.7 Å². The van der Waals surface area contributed by atoms with Gasteiger partial charge in [-0.2, -0.15) is 0 Å². The lowest BCUT2D eigenvalue weighted by Crippen LogP contribution is -2.55. The third-order valence-electron chi connectivity index (χ3n) is 2.82. The lowest BCUT2D eigenvalue weighted by molar-refractivity contribution is -0.160. The second-order valence-electron chi connectivity index (χ2n) is 4.45. The van der Waals surface area contributed by atoms with Crippen LogP contribution in [0.4, 0.5) is 0 Å². The molecule has 1 atom stereocenters. The van der Waals surface area contributed by atoms with Crippen LogP contribution in [0.25, 0.3) is 0 Å². The lowest BCUT2D eigenvalue weighted by Gasteiger charge is -2.39. The van der Waals surface area contributed by atoms with Crippen molar-refractivity contribution in [2.45, 2.75) is 39.3 Å². The molecule has 0 aliphatic carbocycles. The van der Waals surface area contributed by atoms with Crippen molar-refractivity contribution in [2.75, 3.05) is 0 Å². The molecule has 1 aromatic rings. The molecule has 1 N–H and O–H groups in total. The standard InChI is InChI=1S/C12H17N3O3/c1-8(2)15(9(3)16)12(4,11(17)18)10-7-13-5-6-14-10/h5-8H,1-4H3,(H,17,18). The molecular weight excluding hydrogens is 234 g/mol. The Morgan fingerprint density at radius 3 is 2.33 bits per heavy atom. The lowest BCUT2D eigenvalue weighted by atomic mass is 9.94. The molecule has 6 nitrogen and oxygen atoms in total. The quantitative estimate of drug-likeness (QED) is 0.864. The van der Waals surface area contributed by atoms with Crippen LogP contribution in [0, 0.1) is 0 Å². The normalized spacial score (nSPS) is 14.1. The van der Waals surface area contributed by atoms with Gasteiger partial charge in [-0.05, 0) is 20.8 Å². The van der Waals surface area contributed by atoms with Gasteiger partial charge >= 0.3 is 5.97 Å². The van der Waals surface area contributed by atoms with Gasteiger partial charge in [0, 0.05) is 25.4 Å². The number of hydrogen-bond acceptors (Lipinski definition) is 4. The Morgan fingerprint density at radius 2 is 2.00 bits per heavy atom. The fraction of sp³-hybridized carbons (Fsp3) is 0.500. The van der Waals surface area contributed by atoms with Crippen molar-refractivity contribution in [2.24, 2.45) is 0 Å². The van der Waals surface area contributed by atoms with Gasteiger partial charge in [-0.15, -0.1) is 0 Å². The third kappa shape index (κ3) is 2.32. The van der Waals surface area contributed by atoms with Crippen LogP contribution >= 0.6 is 0 Å². The molecule has 0 radical (unpaired) electrons. The van der Waals surface area contributed by atoms with E-state index < -0.39 is 11.5 Å². The largest absolute Gasteiger partial charge is 0.479 e. The summed E-state index contributed by atoms with van der Waals surface area (Å²) in [6.07, 6.45) is 4.24. The molecule has 0 saturated carbocycles. The zero-order chi connectivity index (χ0) is 13.9. The van der Waals surface area contributed by atoms with Gasteiger partial charge in [0.1, 0.15) is 0 Å². The van der Waals surface area contributed by atoms with E-state index >= 15 is 0 Å². The minimum absolute atomic E-state index is 0.237. The third-order valence-corrected chi connectivity index (χ3v) is 2.82. The van der Waals surface area contributed by atoms with E-state index in [0.717, 1.165) is 0 Å². The highest BCUT2D eigenvalue weighted by atomic mass is 16.4. The molecule has 0 aliphatic rings. The van der Waals surface area contributed by atoms with E-state index in [0.29, 0.717) is 0 Å². The first-order valence-electron chi connectivity index (χ1n) is 5.61. The van der Waals surface area contributed by atoms with E-state index in [1.807, 2.05) is 0 Å². The Hall–Kier alpha value is -1.98. The molecule has 0 saturated heterocycles. The Balaban J connectivity index is 3.40. The Labute approximate surface area is 106 Å². The Morgan fingerprint density at radius 1 is 1.39 bits per heavy atom. The molecule has 1 aromatic heterocycles. The number of rotatable bonds is 4. The SMILES string of the molecule is CC(=O)N(C(C)C)C(C)(C(=O)O)c1cnccn1. The minimum atomic E-state index is -1.52. The zero-order valence-electron chi connectivity index (χ0n) is 10.9. The number of nitrogens with zero attached hydrogens (tertiary/aromatic N) is 3. The van der Waals surface area contributed by atoms with Crippen molar-refractivity contribution in [3.05, 3.63) is 24.3 Å². The monoisotopic (exact) mass is 251 g/mol. The number of carboxylic acid groups (broad SMARTS) is 1. The maximum Gasteiger partial charge on any atom is 0.335 e. The van der Waals surface area contributed by atoms with Gasteiger partial charge in [-0.1, -0.05) is 0 Å². The smallest absolute Gasteiger partial charge is 0.335 e. The molecule has 1 heterocycles. The van der Waals surface area contributed by atoms with Crippen LogP contribution in [0.1, 0.15) is 33.4 Å². The summed E-state index contributed by atoms with van der Waals surface area (Å²) in [6.45, 7) is 6.33. The summed E-state index contributed by atoms with van der Waals surface area (Å²) in [5.74, 6) is -1.45. The van der Waals surface area contributed by atoms with E-state index in [-0.39, 0.29) is 17.6 Å². The summed E-state index contributed by atoms with van der Waals surface area (Å²) in [5, 5.41) is 9.49. The molecule has 0 aliphatic heterocycles. The summed E-state index contributed by atoms with van der Waals surface area (Å²) in [4.78, 5) is 32.5. The molecule has 0 spiro atoms. The molecule has 98 valence electrons. The Bertz CT molecular complexity index is 447. The van der Waals surface area contributed by atoms with Gasteiger partial charge in [-0.3, -0.25) is 14.8 Å². The second kappa shape index (κ2) is 5.12. The van der Waals surface area contributed by atoms with Crippen LogP contribution in [0.15, 0.2) is 18.6 Å². The van der Waals surface area contributed by atoms with Crippen LogP contribution in [0.5, 0.6) is 0 Å². The van der Waals surface area contributed by atoms with E-state index in [9.17, 15) is 14.7 Å². The number of carboxylic acids is 1. The van der Waals surface area contributed by atoms with Crippen molar-refractivity contribution in [1.82, 2.24) is 14.9 Å². The molecule has 6 heteroatoms. The zero-order valence-corrected chi connectivity index (χ0v) is 10.9. The average Bonchev–Trinajstić information content (AvgIpc) is 2.28. The van der Waals surface area contributed by atoms with Crippen LogP contribution in [0.2, 0.25) is 0 Å². The molecule has 0 aromatic carbocycles. The molecule has 0 fully saturated rings. The van der Waals surface area contributed by atoms with Gasteiger partial charge in [-0.25, -0.2) is 4.79 Å². The number of aromatic nitrogens is 2. The van der Waals surface area contributed by atoms with Crippen molar-refractivity contribution in [1.29, 1.82) is 0 Å². The minimum Gasteiger partial charge on any atom is -0.479 e. The maximum absolute atomic E-state index is 11.7. The predicted molar refractivity (Wildman–Crippen MR) is 64.7 cm³/mol. The first kappa shape index (κ1) is 14.1. The van der Waals surface area contributed by atoms with E-state index in [2.05, 4.69) is 9.97 Å². The molecule has 1 unspecified atom stereocenters. The highest BCUT2D eigenvalue weighted by Gasteiger charge is 2.45. The van der Waals surface area contributed by atoms with Gasteiger partial charge in [0.25, 0.3) is 0 Å². The summed E-state index contributed by atoms with van der Waals surface area (Å²) in [5.41, 5.74) is -1.28. The fourth-order valence-electron chi connectivity index (χ4n) is 2.08. The van der Waals surface area contributed by atoms with Crippen LogP contribution in [-0.4, -0.2) is 37.9 Å². The summed E-state index contributed by atoms with van der Waals surface area (Å²) < 4.78 is 0. The molecule has 1 amide bonds. The highest BCUT2D eigenvalue weighted by molar-refractivity contribution is 5.86. The predicted octanol–water partition coefficient (Wildman–Crippen LogP) is 1.03. The van der Waals surface area contributed by atoms with Crippen molar-refractivity contribution in [3.63, 3.8) is 0 Å². The number of carbonyl (C=O) groups is 2. The number of hydrogen-bond donors (Lipinski definition) is 1. The molecule has 1 rings (SSSR count). The summed E-state index contributed by atoms with van der Waals surface area (Å²) in [6, 6.07) is -0.259. The Kier molecular flexibility index (Phi) is 4.00. The fourth-order valence-corrected chi connectivity index (χ4v) is 2.08. The van der Waals surface area contributed by atoms with Gasteiger partial charge < -0.3 is 10.0 Å². The average molecular weight is 251 g/mol. The number of carbonyl (C=O) groups excluding carboxylic acids is 1. The number of aliphatic carboxylic acids is 1. The van der Waals surface area contributed by atoms with Gasteiger partial charge in [0.05, 0.1) is 11.9 Å². The maximum atomic E-state index is 11.7.